The van der Waals surface area contributed by atoms with Crippen LogP contribution in [0.15, 0.2) is 59.1 Å². The Kier molecular flexibility index (Phi) is 4.79. The standard InChI is InChI=1S/C19H14F3NO3/c1-2-25-18(24)14-5-3-12(4-6-14)16-11-23-17(26-16)13-7-9-15(10-8-13)19(20,21)22/h3-11H,2H2,1H3. The average molecular weight is 361 g/mol. The Bertz CT molecular complexity index is 897. The van der Waals surface area contributed by atoms with E-state index in [1.165, 1.54) is 18.3 Å². The molecule has 4 nitrogen and oxygen atoms in total. The van der Waals surface area contributed by atoms with Gasteiger partial charge in [0.1, 0.15) is 0 Å². The van der Waals surface area contributed by atoms with Crippen molar-refractivity contribution in [2.45, 2.75) is 13.1 Å². The minimum absolute atomic E-state index is 0.211. The van der Waals surface area contributed by atoms with Crippen LogP contribution in [0.25, 0.3) is 22.8 Å². The molecule has 0 N–H and O–H groups in total. The Morgan fingerprint density at radius 2 is 1.65 bits per heavy atom. The number of esters is 1. The first kappa shape index (κ1) is 17.7. The molecule has 2 aromatic carbocycles. The van der Waals surface area contributed by atoms with Gasteiger partial charge in [-0.25, -0.2) is 9.78 Å². The van der Waals surface area contributed by atoms with Crippen LogP contribution in [0.4, 0.5) is 13.2 Å². The number of hydrogen-bond donors (Lipinski definition) is 0. The number of halogens is 3. The molecule has 0 amide bonds. The molecule has 0 bridgehead atoms. The lowest BCUT2D eigenvalue weighted by Gasteiger charge is -2.06. The molecular weight excluding hydrogens is 347 g/mol. The summed E-state index contributed by atoms with van der Waals surface area (Å²) in [4.78, 5) is 15.7. The van der Waals surface area contributed by atoms with Gasteiger partial charge in [0.2, 0.25) is 5.89 Å². The summed E-state index contributed by atoms with van der Waals surface area (Å²) in [6.07, 6.45) is -2.91. The number of carbonyl (C=O) groups excluding carboxylic acids is 1. The number of benzene rings is 2. The van der Waals surface area contributed by atoms with E-state index in [9.17, 15) is 18.0 Å². The van der Waals surface area contributed by atoms with Gasteiger partial charge in [-0.05, 0) is 43.3 Å². The van der Waals surface area contributed by atoms with Crippen molar-refractivity contribution in [2.24, 2.45) is 0 Å². The molecule has 0 fully saturated rings. The summed E-state index contributed by atoms with van der Waals surface area (Å²) in [6, 6.07) is 11.2. The van der Waals surface area contributed by atoms with Crippen LogP contribution in [-0.4, -0.2) is 17.6 Å². The molecule has 0 aliphatic heterocycles. The Hall–Kier alpha value is -3.09. The third kappa shape index (κ3) is 3.77. The number of hydrogen-bond acceptors (Lipinski definition) is 4. The molecule has 0 saturated carbocycles. The molecular formula is C19H14F3NO3. The summed E-state index contributed by atoms with van der Waals surface area (Å²) in [5, 5.41) is 0. The monoisotopic (exact) mass is 361 g/mol. The third-order valence-corrected chi connectivity index (χ3v) is 3.65. The molecule has 0 saturated heterocycles. The van der Waals surface area contributed by atoms with E-state index in [1.807, 2.05) is 0 Å². The summed E-state index contributed by atoms with van der Waals surface area (Å²) >= 11 is 0. The highest BCUT2D eigenvalue weighted by molar-refractivity contribution is 5.89. The van der Waals surface area contributed by atoms with Crippen molar-refractivity contribution in [3.8, 4) is 22.8 Å². The van der Waals surface area contributed by atoms with Gasteiger partial charge >= 0.3 is 12.1 Å². The van der Waals surface area contributed by atoms with E-state index in [-0.39, 0.29) is 5.89 Å². The van der Waals surface area contributed by atoms with Gasteiger partial charge < -0.3 is 9.15 Å². The van der Waals surface area contributed by atoms with E-state index in [1.54, 1.807) is 31.2 Å². The fourth-order valence-electron chi connectivity index (χ4n) is 2.33. The fraction of sp³-hybridized carbons (Fsp3) is 0.158. The van der Waals surface area contributed by atoms with Crippen LogP contribution in [0.2, 0.25) is 0 Å². The van der Waals surface area contributed by atoms with Crippen molar-refractivity contribution in [1.82, 2.24) is 4.98 Å². The van der Waals surface area contributed by atoms with Gasteiger partial charge in [-0.15, -0.1) is 0 Å². The third-order valence-electron chi connectivity index (χ3n) is 3.65. The second-order valence-corrected chi connectivity index (χ2v) is 5.40. The number of nitrogens with zero attached hydrogens (tertiary/aromatic N) is 1. The minimum atomic E-state index is -4.39. The Morgan fingerprint density at radius 3 is 2.23 bits per heavy atom. The Balaban J connectivity index is 1.80. The Labute approximate surface area is 147 Å². The minimum Gasteiger partial charge on any atom is -0.462 e. The summed E-state index contributed by atoms with van der Waals surface area (Å²) < 4.78 is 48.4. The zero-order chi connectivity index (χ0) is 18.7. The lowest BCUT2D eigenvalue weighted by atomic mass is 10.1. The van der Waals surface area contributed by atoms with Gasteiger partial charge in [0, 0.05) is 11.1 Å². The van der Waals surface area contributed by atoms with Gasteiger partial charge in [-0.3, -0.25) is 0 Å². The average Bonchev–Trinajstić information content (AvgIpc) is 3.11. The highest BCUT2D eigenvalue weighted by Crippen LogP contribution is 2.32. The molecule has 3 aromatic rings. The van der Waals surface area contributed by atoms with E-state index in [0.717, 1.165) is 12.1 Å². The van der Waals surface area contributed by atoms with Crippen molar-refractivity contribution in [3.63, 3.8) is 0 Å². The topological polar surface area (TPSA) is 52.3 Å². The molecule has 0 aliphatic rings. The van der Waals surface area contributed by atoms with E-state index >= 15 is 0 Å². The second kappa shape index (κ2) is 7.03. The van der Waals surface area contributed by atoms with Gasteiger partial charge in [-0.1, -0.05) is 12.1 Å². The second-order valence-electron chi connectivity index (χ2n) is 5.40. The zero-order valence-electron chi connectivity index (χ0n) is 13.7. The van der Waals surface area contributed by atoms with E-state index in [4.69, 9.17) is 9.15 Å². The van der Waals surface area contributed by atoms with Crippen molar-refractivity contribution in [3.05, 3.63) is 65.9 Å². The van der Waals surface area contributed by atoms with Crippen LogP contribution in [-0.2, 0) is 10.9 Å². The molecule has 0 unspecified atom stereocenters. The van der Waals surface area contributed by atoms with Crippen LogP contribution in [0.1, 0.15) is 22.8 Å². The molecule has 7 heteroatoms. The quantitative estimate of drug-likeness (QED) is 0.599. The summed E-state index contributed by atoms with van der Waals surface area (Å²) in [5.41, 5.74) is 0.803. The molecule has 1 aromatic heterocycles. The first-order chi connectivity index (χ1) is 12.4. The van der Waals surface area contributed by atoms with Crippen LogP contribution >= 0.6 is 0 Å². The number of aromatic nitrogens is 1. The maximum Gasteiger partial charge on any atom is 0.416 e. The van der Waals surface area contributed by atoms with E-state index in [0.29, 0.717) is 29.1 Å². The number of oxazole rings is 1. The normalized spacial score (nSPS) is 11.4. The Morgan fingerprint density at radius 1 is 1.04 bits per heavy atom. The SMILES string of the molecule is CCOC(=O)c1ccc(-c2cnc(-c3ccc(C(F)(F)F)cc3)o2)cc1. The first-order valence-corrected chi connectivity index (χ1v) is 7.79. The highest BCUT2D eigenvalue weighted by Gasteiger charge is 2.30. The van der Waals surface area contributed by atoms with Crippen LogP contribution < -0.4 is 0 Å². The lowest BCUT2D eigenvalue weighted by molar-refractivity contribution is -0.137. The number of alkyl halides is 3. The van der Waals surface area contributed by atoms with Gasteiger partial charge in [0.25, 0.3) is 0 Å². The van der Waals surface area contributed by atoms with Crippen LogP contribution in [0.3, 0.4) is 0 Å². The number of rotatable bonds is 4. The van der Waals surface area contributed by atoms with Gasteiger partial charge in [0.05, 0.1) is 23.9 Å². The van der Waals surface area contributed by atoms with Crippen LogP contribution in [0, 0.1) is 0 Å². The summed E-state index contributed by atoms with van der Waals surface area (Å²) in [7, 11) is 0. The lowest BCUT2D eigenvalue weighted by Crippen LogP contribution is -2.04. The zero-order valence-corrected chi connectivity index (χ0v) is 13.7. The smallest absolute Gasteiger partial charge is 0.416 e. The first-order valence-electron chi connectivity index (χ1n) is 7.79. The summed E-state index contributed by atoms with van der Waals surface area (Å²) in [5.74, 6) is 0.237. The molecule has 1 heterocycles. The molecule has 134 valence electrons. The number of carbonyl (C=O) groups is 1. The molecule has 26 heavy (non-hydrogen) atoms. The molecule has 3 rings (SSSR count). The maximum absolute atomic E-state index is 12.6. The maximum atomic E-state index is 12.6. The molecule has 0 radical (unpaired) electrons. The van der Waals surface area contributed by atoms with Gasteiger partial charge in [0.15, 0.2) is 5.76 Å². The fourth-order valence-corrected chi connectivity index (χ4v) is 2.33. The van der Waals surface area contributed by atoms with Crippen molar-refractivity contribution in [1.29, 1.82) is 0 Å². The predicted molar refractivity (Wildman–Crippen MR) is 88.3 cm³/mol. The van der Waals surface area contributed by atoms with Crippen molar-refractivity contribution >= 4 is 5.97 Å². The predicted octanol–water partition coefficient (Wildman–Crippen LogP) is 5.20. The van der Waals surface area contributed by atoms with Crippen molar-refractivity contribution < 1.29 is 27.1 Å². The molecule has 0 aliphatic carbocycles. The van der Waals surface area contributed by atoms with Crippen LogP contribution in [0.5, 0.6) is 0 Å². The molecule has 0 atom stereocenters. The highest BCUT2D eigenvalue weighted by atomic mass is 19.4. The summed E-state index contributed by atoms with van der Waals surface area (Å²) in [6.45, 7) is 2.02. The van der Waals surface area contributed by atoms with E-state index in [2.05, 4.69) is 4.98 Å². The van der Waals surface area contributed by atoms with E-state index < -0.39 is 17.7 Å². The van der Waals surface area contributed by atoms with Gasteiger partial charge in [-0.2, -0.15) is 13.2 Å². The number of ether oxygens (including phenoxy) is 1. The molecule has 0 spiro atoms. The largest absolute Gasteiger partial charge is 0.462 e. The van der Waals surface area contributed by atoms with Crippen molar-refractivity contribution in [2.75, 3.05) is 6.61 Å².